The zero-order valence-corrected chi connectivity index (χ0v) is 15.4. The molecule has 138 valence electrons. The van der Waals surface area contributed by atoms with Crippen molar-refractivity contribution in [2.75, 3.05) is 52.9 Å². The molecule has 0 spiro atoms. The molecule has 2 saturated heterocycles. The monoisotopic (exact) mass is 345 g/mol. The van der Waals surface area contributed by atoms with Gasteiger partial charge < -0.3 is 10.2 Å². The van der Waals surface area contributed by atoms with E-state index in [2.05, 4.69) is 44.2 Å². The SMILES string of the molecule is CN1CCCN(CC(=O)NC2CCN(Cc3ccncc3)CC2)CC1. The van der Waals surface area contributed by atoms with Crippen LogP contribution in [0.2, 0.25) is 0 Å². The molecule has 0 radical (unpaired) electrons. The lowest BCUT2D eigenvalue weighted by atomic mass is 10.0. The number of carbonyl (C=O) groups is 1. The highest BCUT2D eigenvalue weighted by Gasteiger charge is 2.22. The number of rotatable bonds is 5. The number of amides is 1. The van der Waals surface area contributed by atoms with Crippen molar-refractivity contribution in [2.45, 2.75) is 31.8 Å². The molecule has 2 fully saturated rings. The van der Waals surface area contributed by atoms with Crippen LogP contribution in [0.5, 0.6) is 0 Å². The Morgan fingerprint density at radius 2 is 1.84 bits per heavy atom. The highest BCUT2D eigenvalue weighted by atomic mass is 16.2. The molecule has 0 saturated carbocycles. The minimum absolute atomic E-state index is 0.192. The van der Waals surface area contributed by atoms with E-state index in [0.29, 0.717) is 12.6 Å². The van der Waals surface area contributed by atoms with Crippen LogP contribution in [0.4, 0.5) is 0 Å². The van der Waals surface area contributed by atoms with Gasteiger partial charge in [-0.1, -0.05) is 0 Å². The largest absolute Gasteiger partial charge is 0.352 e. The minimum Gasteiger partial charge on any atom is -0.352 e. The lowest BCUT2D eigenvalue weighted by molar-refractivity contribution is -0.123. The molecule has 1 N–H and O–H groups in total. The van der Waals surface area contributed by atoms with E-state index in [1.54, 1.807) is 0 Å². The molecule has 3 rings (SSSR count). The number of likely N-dealkylation sites (N-methyl/N-ethyl adjacent to an activating group) is 1. The van der Waals surface area contributed by atoms with Gasteiger partial charge in [0.2, 0.25) is 5.91 Å². The van der Waals surface area contributed by atoms with Gasteiger partial charge in [-0.3, -0.25) is 19.6 Å². The molecule has 1 amide bonds. The van der Waals surface area contributed by atoms with Gasteiger partial charge in [-0.2, -0.15) is 0 Å². The van der Waals surface area contributed by atoms with Gasteiger partial charge in [0.1, 0.15) is 0 Å². The van der Waals surface area contributed by atoms with Crippen molar-refractivity contribution in [2.24, 2.45) is 0 Å². The van der Waals surface area contributed by atoms with Crippen molar-refractivity contribution in [1.29, 1.82) is 0 Å². The van der Waals surface area contributed by atoms with Gasteiger partial charge in [-0.25, -0.2) is 0 Å². The van der Waals surface area contributed by atoms with Crippen LogP contribution < -0.4 is 5.32 Å². The highest BCUT2D eigenvalue weighted by molar-refractivity contribution is 5.78. The van der Waals surface area contributed by atoms with E-state index in [1.807, 2.05) is 12.4 Å². The molecular formula is C19H31N5O. The Morgan fingerprint density at radius 3 is 2.60 bits per heavy atom. The number of hydrogen-bond acceptors (Lipinski definition) is 5. The molecule has 0 bridgehead atoms. The van der Waals surface area contributed by atoms with E-state index in [4.69, 9.17) is 0 Å². The average molecular weight is 345 g/mol. The molecule has 0 unspecified atom stereocenters. The maximum atomic E-state index is 12.4. The Balaban J connectivity index is 1.36. The van der Waals surface area contributed by atoms with E-state index in [9.17, 15) is 4.79 Å². The van der Waals surface area contributed by atoms with Crippen LogP contribution in [-0.4, -0.2) is 84.5 Å². The summed E-state index contributed by atoms with van der Waals surface area (Å²) < 4.78 is 0. The van der Waals surface area contributed by atoms with Crippen molar-refractivity contribution >= 4 is 5.91 Å². The van der Waals surface area contributed by atoms with Crippen LogP contribution in [0.1, 0.15) is 24.8 Å². The first-order valence-corrected chi connectivity index (χ1v) is 9.50. The van der Waals surface area contributed by atoms with Gasteiger partial charge >= 0.3 is 0 Å². The summed E-state index contributed by atoms with van der Waals surface area (Å²) in [6.07, 6.45) is 6.93. The molecule has 25 heavy (non-hydrogen) atoms. The van der Waals surface area contributed by atoms with Gasteiger partial charge in [0.25, 0.3) is 0 Å². The summed E-state index contributed by atoms with van der Waals surface area (Å²) in [7, 11) is 2.16. The van der Waals surface area contributed by atoms with Gasteiger partial charge in [-0.05, 0) is 57.1 Å². The first kappa shape index (κ1) is 18.3. The van der Waals surface area contributed by atoms with Crippen LogP contribution in [0.25, 0.3) is 0 Å². The number of nitrogens with one attached hydrogen (secondary N) is 1. The third-order valence-corrected chi connectivity index (χ3v) is 5.29. The van der Waals surface area contributed by atoms with Crippen LogP contribution in [0, 0.1) is 0 Å². The molecule has 2 aliphatic rings. The highest BCUT2D eigenvalue weighted by Crippen LogP contribution is 2.13. The van der Waals surface area contributed by atoms with Gasteiger partial charge in [0.05, 0.1) is 6.54 Å². The van der Waals surface area contributed by atoms with E-state index in [-0.39, 0.29) is 5.91 Å². The number of carbonyl (C=O) groups excluding carboxylic acids is 1. The van der Waals surface area contributed by atoms with Crippen molar-refractivity contribution in [3.63, 3.8) is 0 Å². The van der Waals surface area contributed by atoms with E-state index in [1.165, 1.54) is 5.56 Å². The Bertz CT molecular complexity index is 530. The fraction of sp³-hybridized carbons (Fsp3) is 0.684. The molecule has 6 heteroatoms. The molecule has 0 atom stereocenters. The van der Waals surface area contributed by atoms with Crippen LogP contribution in [0.15, 0.2) is 24.5 Å². The maximum Gasteiger partial charge on any atom is 0.234 e. The summed E-state index contributed by atoms with van der Waals surface area (Å²) in [5, 5.41) is 3.25. The minimum atomic E-state index is 0.192. The number of pyridine rings is 1. The number of likely N-dealkylation sites (tertiary alicyclic amines) is 1. The summed E-state index contributed by atoms with van der Waals surface area (Å²) in [6, 6.07) is 4.48. The molecule has 0 aromatic carbocycles. The van der Waals surface area contributed by atoms with E-state index in [0.717, 1.165) is 65.1 Å². The van der Waals surface area contributed by atoms with Crippen LogP contribution in [-0.2, 0) is 11.3 Å². The fourth-order valence-electron chi connectivity index (χ4n) is 3.72. The summed E-state index contributed by atoms with van der Waals surface area (Å²) in [5.74, 6) is 0.192. The number of aromatic nitrogens is 1. The first-order valence-electron chi connectivity index (χ1n) is 9.50. The Labute approximate surface area is 151 Å². The summed E-state index contributed by atoms with van der Waals surface area (Å²) in [4.78, 5) is 23.5. The molecule has 6 nitrogen and oxygen atoms in total. The van der Waals surface area contributed by atoms with Crippen molar-refractivity contribution in [3.05, 3.63) is 30.1 Å². The summed E-state index contributed by atoms with van der Waals surface area (Å²) in [6.45, 7) is 7.82. The molecule has 0 aliphatic carbocycles. The number of hydrogen-bond donors (Lipinski definition) is 1. The number of piperidine rings is 1. The van der Waals surface area contributed by atoms with Gasteiger partial charge in [0, 0.05) is 51.2 Å². The van der Waals surface area contributed by atoms with Crippen molar-refractivity contribution < 1.29 is 4.79 Å². The molecule has 3 heterocycles. The lowest BCUT2D eigenvalue weighted by Crippen LogP contribution is -2.47. The standard InChI is InChI=1S/C19H31N5O/c1-22-9-2-10-23(14-13-22)16-19(25)21-18-5-11-24(12-6-18)15-17-3-7-20-8-4-17/h3-4,7-8,18H,2,5-6,9-16H2,1H3,(H,21,25). The van der Waals surface area contributed by atoms with Gasteiger partial charge in [0.15, 0.2) is 0 Å². The van der Waals surface area contributed by atoms with Crippen LogP contribution in [0.3, 0.4) is 0 Å². The topological polar surface area (TPSA) is 51.7 Å². The molecule has 1 aromatic heterocycles. The van der Waals surface area contributed by atoms with E-state index < -0.39 is 0 Å². The average Bonchev–Trinajstić information content (AvgIpc) is 2.82. The Kier molecular flexibility index (Phi) is 6.78. The van der Waals surface area contributed by atoms with E-state index >= 15 is 0 Å². The summed E-state index contributed by atoms with van der Waals surface area (Å²) in [5.41, 5.74) is 1.31. The summed E-state index contributed by atoms with van der Waals surface area (Å²) >= 11 is 0. The predicted octanol–water partition coefficient (Wildman–Crippen LogP) is 0.800. The smallest absolute Gasteiger partial charge is 0.234 e. The maximum absolute atomic E-state index is 12.4. The Hall–Kier alpha value is -1.50. The molecule has 1 aromatic rings. The quantitative estimate of drug-likeness (QED) is 0.855. The zero-order valence-electron chi connectivity index (χ0n) is 15.4. The van der Waals surface area contributed by atoms with Gasteiger partial charge in [-0.15, -0.1) is 0 Å². The second-order valence-electron chi connectivity index (χ2n) is 7.41. The molecule has 2 aliphatic heterocycles. The van der Waals surface area contributed by atoms with Crippen molar-refractivity contribution in [1.82, 2.24) is 25.0 Å². The predicted molar refractivity (Wildman–Crippen MR) is 99.2 cm³/mol. The van der Waals surface area contributed by atoms with Crippen LogP contribution >= 0.6 is 0 Å². The fourth-order valence-corrected chi connectivity index (χ4v) is 3.72. The number of nitrogens with zero attached hydrogens (tertiary/aromatic N) is 4. The lowest BCUT2D eigenvalue weighted by Gasteiger charge is -2.32. The van der Waals surface area contributed by atoms with Crippen molar-refractivity contribution in [3.8, 4) is 0 Å². The Morgan fingerprint density at radius 1 is 1.08 bits per heavy atom. The third-order valence-electron chi connectivity index (χ3n) is 5.29. The first-order chi connectivity index (χ1) is 12.2. The zero-order chi connectivity index (χ0) is 17.5. The second-order valence-corrected chi connectivity index (χ2v) is 7.41. The third kappa shape index (κ3) is 6.06. The second kappa shape index (κ2) is 9.27. The molecular weight excluding hydrogens is 314 g/mol. The normalized spacial score (nSPS) is 21.8.